The van der Waals surface area contributed by atoms with Gasteiger partial charge in [-0.2, -0.15) is 0 Å². The Labute approximate surface area is 161 Å². The summed E-state index contributed by atoms with van der Waals surface area (Å²) in [4.78, 5) is 35.8. The van der Waals surface area contributed by atoms with E-state index in [1.54, 1.807) is 12.1 Å². The summed E-state index contributed by atoms with van der Waals surface area (Å²) < 4.78 is 5.60. The number of benzene rings is 1. The minimum absolute atomic E-state index is 0.0425. The van der Waals surface area contributed by atoms with Crippen molar-refractivity contribution in [3.8, 4) is 5.75 Å². The van der Waals surface area contributed by atoms with Gasteiger partial charge in [-0.15, -0.1) is 11.3 Å². The van der Waals surface area contributed by atoms with E-state index in [0.717, 1.165) is 21.8 Å². The molecule has 2 aromatic rings. The molecule has 8 heteroatoms. The molecule has 0 saturated carbocycles. The predicted molar refractivity (Wildman–Crippen MR) is 102 cm³/mol. The van der Waals surface area contributed by atoms with Crippen LogP contribution in [-0.2, 0) is 16.1 Å². The van der Waals surface area contributed by atoms with Gasteiger partial charge in [0.05, 0.1) is 25.6 Å². The Morgan fingerprint density at radius 2 is 1.93 bits per heavy atom. The zero-order valence-electron chi connectivity index (χ0n) is 15.2. The number of carboxylic acid groups (broad SMARTS) is 1. The van der Waals surface area contributed by atoms with Gasteiger partial charge in [0.1, 0.15) is 10.6 Å². The fraction of sp³-hybridized carbons (Fsp3) is 0.316. The van der Waals surface area contributed by atoms with E-state index in [0.29, 0.717) is 12.4 Å². The molecule has 0 aliphatic carbocycles. The van der Waals surface area contributed by atoms with Gasteiger partial charge in [-0.3, -0.25) is 9.59 Å². The zero-order valence-corrected chi connectivity index (χ0v) is 16.0. The van der Waals surface area contributed by atoms with E-state index in [4.69, 9.17) is 9.84 Å². The van der Waals surface area contributed by atoms with Gasteiger partial charge in [0, 0.05) is 17.4 Å². The number of carbonyl (C=O) groups is 3. The van der Waals surface area contributed by atoms with Crippen LogP contribution >= 0.6 is 11.3 Å². The largest absolute Gasteiger partial charge is 0.494 e. The Morgan fingerprint density at radius 3 is 2.56 bits per heavy atom. The summed E-state index contributed by atoms with van der Waals surface area (Å²) in [7, 11) is 0. The van der Waals surface area contributed by atoms with E-state index in [-0.39, 0.29) is 29.7 Å². The normalized spacial score (nSPS) is 11.5. The average molecular weight is 390 g/mol. The lowest BCUT2D eigenvalue weighted by atomic mass is 10.0. The molecule has 1 aromatic heterocycles. The van der Waals surface area contributed by atoms with Gasteiger partial charge in [-0.1, -0.05) is 18.2 Å². The summed E-state index contributed by atoms with van der Waals surface area (Å²) >= 11 is 1.11. The second-order valence-corrected chi connectivity index (χ2v) is 6.94. The average Bonchev–Trinajstić information content (AvgIpc) is 3.09. The van der Waals surface area contributed by atoms with Gasteiger partial charge in [-0.25, -0.2) is 4.79 Å². The standard InChI is InChI=1S/C19H22N2O5S/c1-3-26-16-7-5-4-6-14(16)15(21-12(2)22)10-18(23)20-11-13-8-9-17(27-13)19(24)25/h4-9,15H,3,10-11H2,1-2H3,(H,20,23)(H,21,22)(H,24,25). The molecule has 2 amide bonds. The van der Waals surface area contributed by atoms with Crippen molar-refractivity contribution < 1.29 is 24.2 Å². The molecule has 1 atom stereocenters. The highest BCUT2D eigenvalue weighted by Crippen LogP contribution is 2.27. The Balaban J connectivity index is 2.05. The highest BCUT2D eigenvalue weighted by Gasteiger charge is 2.20. The second-order valence-electron chi connectivity index (χ2n) is 5.78. The minimum atomic E-state index is -0.990. The third kappa shape index (κ3) is 6.10. The third-order valence-electron chi connectivity index (χ3n) is 3.69. The van der Waals surface area contributed by atoms with Crippen molar-refractivity contribution in [1.82, 2.24) is 10.6 Å². The topological polar surface area (TPSA) is 105 Å². The number of carboxylic acids is 1. The second kappa shape index (κ2) is 9.72. The van der Waals surface area contributed by atoms with E-state index >= 15 is 0 Å². The molecule has 3 N–H and O–H groups in total. The zero-order chi connectivity index (χ0) is 19.8. The van der Waals surface area contributed by atoms with Gasteiger partial charge in [0.2, 0.25) is 11.8 Å². The molecular formula is C19H22N2O5S. The maximum atomic E-state index is 12.4. The van der Waals surface area contributed by atoms with E-state index in [9.17, 15) is 14.4 Å². The van der Waals surface area contributed by atoms with Gasteiger partial charge < -0.3 is 20.5 Å². The minimum Gasteiger partial charge on any atom is -0.494 e. The molecule has 0 aliphatic rings. The smallest absolute Gasteiger partial charge is 0.345 e. The van der Waals surface area contributed by atoms with Crippen molar-refractivity contribution in [3.05, 3.63) is 51.7 Å². The lowest BCUT2D eigenvalue weighted by Gasteiger charge is -2.21. The van der Waals surface area contributed by atoms with Crippen LogP contribution in [0.25, 0.3) is 0 Å². The molecule has 0 aliphatic heterocycles. The monoisotopic (exact) mass is 390 g/mol. The van der Waals surface area contributed by atoms with Crippen LogP contribution < -0.4 is 15.4 Å². The van der Waals surface area contributed by atoms with Gasteiger partial charge in [-0.05, 0) is 25.1 Å². The lowest BCUT2D eigenvalue weighted by Crippen LogP contribution is -2.32. The molecule has 2 rings (SSSR count). The fourth-order valence-corrected chi connectivity index (χ4v) is 3.36. The van der Waals surface area contributed by atoms with E-state index in [1.165, 1.54) is 13.0 Å². The van der Waals surface area contributed by atoms with E-state index < -0.39 is 12.0 Å². The van der Waals surface area contributed by atoms with Gasteiger partial charge in [0.15, 0.2) is 0 Å². The number of nitrogens with one attached hydrogen (secondary N) is 2. The van der Waals surface area contributed by atoms with Gasteiger partial charge in [0.25, 0.3) is 0 Å². The molecule has 144 valence electrons. The van der Waals surface area contributed by atoms with Crippen molar-refractivity contribution >= 4 is 29.1 Å². The maximum Gasteiger partial charge on any atom is 0.345 e. The van der Waals surface area contributed by atoms with Crippen LogP contribution in [0.3, 0.4) is 0 Å². The summed E-state index contributed by atoms with van der Waals surface area (Å²) in [5.41, 5.74) is 0.731. The molecular weight excluding hydrogens is 368 g/mol. The van der Waals surface area contributed by atoms with E-state index in [2.05, 4.69) is 10.6 Å². The Kier molecular flexibility index (Phi) is 7.36. The highest BCUT2D eigenvalue weighted by atomic mass is 32.1. The number of aromatic carboxylic acids is 1. The first-order valence-electron chi connectivity index (χ1n) is 8.48. The first kappa shape index (κ1) is 20.4. The summed E-state index contributed by atoms with van der Waals surface area (Å²) in [5.74, 6) is -0.875. The first-order chi connectivity index (χ1) is 12.9. The molecule has 1 heterocycles. The number of hydrogen-bond acceptors (Lipinski definition) is 5. The summed E-state index contributed by atoms with van der Waals surface area (Å²) in [6.45, 7) is 3.97. The quantitative estimate of drug-likeness (QED) is 0.611. The number of thiophene rings is 1. The van der Waals surface area contributed by atoms with Crippen LogP contribution in [0, 0.1) is 0 Å². The summed E-state index contributed by atoms with van der Waals surface area (Å²) in [5, 5.41) is 14.5. The SMILES string of the molecule is CCOc1ccccc1C(CC(=O)NCc1ccc(C(=O)O)s1)NC(C)=O. The number of hydrogen-bond donors (Lipinski definition) is 3. The van der Waals surface area contributed by atoms with Crippen molar-refractivity contribution in [2.75, 3.05) is 6.61 Å². The molecule has 1 unspecified atom stereocenters. The van der Waals surface area contributed by atoms with Gasteiger partial charge >= 0.3 is 5.97 Å². The van der Waals surface area contributed by atoms with Crippen molar-refractivity contribution in [3.63, 3.8) is 0 Å². The molecule has 27 heavy (non-hydrogen) atoms. The van der Waals surface area contributed by atoms with Crippen molar-refractivity contribution in [2.24, 2.45) is 0 Å². The third-order valence-corrected chi connectivity index (χ3v) is 4.77. The van der Waals surface area contributed by atoms with Crippen molar-refractivity contribution in [2.45, 2.75) is 32.9 Å². The molecule has 7 nitrogen and oxygen atoms in total. The Morgan fingerprint density at radius 1 is 1.19 bits per heavy atom. The van der Waals surface area contributed by atoms with E-state index in [1.807, 2.05) is 25.1 Å². The molecule has 0 fully saturated rings. The van der Waals surface area contributed by atoms with Crippen LogP contribution in [-0.4, -0.2) is 29.5 Å². The molecule has 0 spiro atoms. The van der Waals surface area contributed by atoms with Crippen LogP contribution in [0.15, 0.2) is 36.4 Å². The number of rotatable bonds is 9. The molecule has 0 radical (unpaired) electrons. The van der Waals surface area contributed by atoms with Crippen LogP contribution in [0.4, 0.5) is 0 Å². The number of amides is 2. The van der Waals surface area contributed by atoms with Crippen LogP contribution in [0.5, 0.6) is 5.75 Å². The Hall–Kier alpha value is -2.87. The number of para-hydroxylation sites is 1. The lowest BCUT2D eigenvalue weighted by molar-refractivity contribution is -0.122. The maximum absolute atomic E-state index is 12.4. The van der Waals surface area contributed by atoms with Crippen LogP contribution in [0.1, 0.15) is 46.4 Å². The predicted octanol–water partition coefficient (Wildman–Crippen LogP) is 2.73. The molecule has 1 aromatic carbocycles. The Bertz CT molecular complexity index is 818. The molecule has 0 saturated heterocycles. The summed E-state index contributed by atoms with van der Waals surface area (Å²) in [6, 6.07) is 9.92. The highest BCUT2D eigenvalue weighted by molar-refractivity contribution is 7.13. The molecule has 0 bridgehead atoms. The summed E-state index contributed by atoms with van der Waals surface area (Å²) in [6.07, 6.45) is 0.0425. The number of ether oxygens (including phenoxy) is 1. The fourth-order valence-electron chi connectivity index (χ4n) is 2.57. The van der Waals surface area contributed by atoms with Crippen LogP contribution in [0.2, 0.25) is 0 Å². The van der Waals surface area contributed by atoms with Crippen molar-refractivity contribution in [1.29, 1.82) is 0 Å². The first-order valence-corrected chi connectivity index (χ1v) is 9.29. The number of carbonyl (C=O) groups excluding carboxylic acids is 2.